The first-order chi connectivity index (χ1) is 13.4. The SMILES string of the molecule is C=C1CC(C)=CCC(C)C1.CC.CCC.CCCCNCC1=C(C)CCCC1. The summed E-state index contributed by atoms with van der Waals surface area (Å²) in [5.74, 6) is 0.810. The molecule has 0 spiro atoms. The van der Waals surface area contributed by atoms with Crippen LogP contribution in [0, 0.1) is 5.92 Å². The molecule has 28 heavy (non-hydrogen) atoms. The number of nitrogens with one attached hydrogen (secondary N) is 1. The molecule has 0 amide bonds. The number of hydrogen-bond donors (Lipinski definition) is 1. The minimum atomic E-state index is 0.810. The summed E-state index contributed by atoms with van der Waals surface area (Å²) in [4.78, 5) is 0. The van der Waals surface area contributed by atoms with Crippen molar-refractivity contribution in [1.82, 2.24) is 5.32 Å². The van der Waals surface area contributed by atoms with E-state index in [0.717, 1.165) is 18.9 Å². The normalized spacial score (nSPS) is 19.1. The van der Waals surface area contributed by atoms with Crippen LogP contribution >= 0.6 is 0 Å². The van der Waals surface area contributed by atoms with E-state index in [4.69, 9.17) is 0 Å². The molecule has 2 rings (SSSR count). The summed E-state index contributed by atoms with van der Waals surface area (Å²) in [7, 11) is 0. The zero-order chi connectivity index (χ0) is 21.8. The third-order valence-electron chi connectivity index (χ3n) is 4.96. The van der Waals surface area contributed by atoms with Gasteiger partial charge in [0.15, 0.2) is 0 Å². The van der Waals surface area contributed by atoms with Crippen molar-refractivity contribution in [3.63, 3.8) is 0 Å². The fourth-order valence-electron chi connectivity index (χ4n) is 3.42. The van der Waals surface area contributed by atoms with Crippen molar-refractivity contribution >= 4 is 0 Å². The van der Waals surface area contributed by atoms with Gasteiger partial charge in [0.1, 0.15) is 0 Å². The third kappa shape index (κ3) is 17.3. The highest BCUT2D eigenvalue weighted by Crippen LogP contribution is 2.25. The second kappa shape index (κ2) is 20.9. The van der Waals surface area contributed by atoms with Crippen LogP contribution in [0.15, 0.2) is 34.9 Å². The molecular formula is C27H53N. The average Bonchev–Trinajstić information content (AvgIpc) is 2.82. The highest BCUT2D eigenvalue weighted by molar-refractivity contribution is 5.16. The van der Waals surface area contributed by atoms with Crippen molar-refractivity contribution in [2.75, 3.05) is 13.1 Å². The van der Waals surface area contributed by atoms with Crippen LogP contribution in [0.25, 0.3) is 0 Å². The Labute approximate surface area is 179 Å². The van der Waals surface area contributed by atoms with E-state index in [2.05, 4.69) is 59.5 Å². The number of unbranched alkanes of at least 4 members (excludes halogenated alkanes) is 1. The van der Waals surface area contributed by atoms with Crippen LogP contribution in [0.3, 0.4) is 0 Å². The van der Waals surface area contributed by atoms with Crippen LogP contribution < -0.4 is 5.32 Å². The van der Waals surface area contributed by atoms with Crippen molar-refractivity contribution in [3.05, 3.63) is 34.9 Å². The Bertz CT molecular complexity index is 428. The topological polar surface area (TPSA) is 12.0 Å². The fraction of sp³-hybridized carbons (Fsp3) is 0.778. The second-order valence-electron chi connectivity index (χ2n) is 8.35. The molecule has 1 heteroatoms. The van der Waals surface area contributed by atoms with E-state index in [1.54, 1.807) is 11.1 Å². The van der Waals surface area contributed by atoms with Crippen LogP contribution in [0.5, 0.6) is 0 Å². The minimum absolute atomic E-state index is 0.810. The molecule has 2 aliphatic carbocycles. The molecule has 0 saturated carbocycles. The highest BCUT2D eigenvalue weighted by atomic mass is 14.8. The monoisotopic (exact) mass is 391 g/mol. The molecule has 166 valence electrons. The van der Waals surface area contributed by atoms with E-state index in [9.17, 15) is 0 Å². The van der Waals surface area contributed by atoms with Crippen molar-refractivity contribution in [3.8, 4) is 0 Å². The van der Waals surface area contributed by atoms with Gasteiger partial charge < -0.3 is 5.32 Å². The van der Waals surface area contributed by atoms with Gasteiger partial charge in [0.05, 0.1) is 0 Å². The van der Waals surface area contributed by atoms with Gasteiger partial charge in [-0.3, -0.25) is 0 Å². The van der Waals surface area contributed by atoms with Gasteiger partial charge in [-0.2, -0.15) is 0 Å². The molecule has 0 bridgehead atoms. The maximum atomic E-state index is 4.03. The van der Waals surface area contributed by atoms with Gasteiger partial charge in [-0.15, -0.1) is 0 Å². The van der Waals surface area contributed by atoms with Gasteiger partial charge in [-0.1, -0.05) is 89.3 Å². The van der Waals surface area contributed by atoms with Gasteiger partial charge in [0.25, 0.3) is 0 Å². The van der Waals surface area contributed by atoms with Crippen LogP contribution in [-0.4, -0.2) is 13.1 Å². The Morgan fingerprint density at radius 1 is 1.07 bits per heavy atom. The standard InChI is InChI=1S/C12H23N.C10H16.C3H8.C2H6/c1-3-4-9-13-10-12-8-6-5-7-11(12)2;1-8-4-5-9(2)7-10(3)6-8;1-3-2;1-2/h13H,3-10H2,1-2H3;4,9H,3,5-7H2,1-2H3;3H2,1-2H3;1-2H3. The van der Waals surface area contributed by atoms with Crippen LogP contribution in [0.2, 0.25) is 0 Å². The Kier molecular flexibility index (Phi) is 21.9. The molecule has 1 N–H and O–H groups in total. The van der Waals surface area contributed by atoms with Gasteiger partial charge in [0, 0.05) is 6.54 Å². The van der Waals surface area contributed by atoms with E-state index < -0.39 is 0 Å². The number of hydrogen-bond acceptors (Lipinski definition) is 1. The van der Waals surface area contributed by atoms with Crippen molar-refractivity contribution in [2.24, 2.45) is 5.92 Å². The smallest absolute Gasteiger partial charge is 0.0167 e. The van der Waals surface area contributed by atoms with Crippen molar-refractivity contribution < 1.29 is 0 Å². The average molecular weight is 392 g/mol. The molecule has 0 fully saturated rings. The summed E-state index contributed by atoms with van der Waals surface area (Å²) in [6, 6.07) is 0. The summed E-state index contributed by atoms with van der Waals surface area (Å²) >= 11 is 0. The predicted molar refractivity (Wildman–Crippen MR) is 132 cm³/mol. The predicted octanol–water partition coefficient (Wildman–Crippen LogP) is 9.02. The van der Waals surface area contributed by atoms with Crippen LogP contribution in [0.4, 0.5) is 0 Å². The molecule has 0 aromatic heterocycles. The number of rotatable bonds is 5. The molecule has 0 aromatic carbocycles. The third-order valence-corrected chi connectivity index (χ3v) is 4.96. The lowest BCUT2D eigenvalue weighted by atomic mass is 9.93. The lowest BCUT2D eigenvalue weighted by Gasteiger charge is -2.18. The lowest BCUT2D eigenvalue weighted by molar-refractivity contribution is 0.591. The van der Waals surface area contributed by atoms with E-state index in [1.165, 1.54) is 75.5 Å². The molecule has 1 unspecified atom stereocenters. The Morgan fingerprint density at radius 3 is 2.25 bits per heavy atom. The maximum absolute atomic E-state index is 4.03. The molecule has 1 nitrogen and oxygen atoms in total. The molecule has 1 atom stereocenters. The van der Waals surface area contributed by atoms with E-state index in [0.29, 0.717) is 0 Å². The first kappa shape index (κ1) is 29.4. The first-order valence-corrected chi connectivity index (χ1v) is 12.1. The summed E-state index contributed by atoms with van der Waals surface area (Å²) in [6.07, 6.45) is 15.3. The maximum Gasteiger partial charge on any atom is 0.0167 e. The molecule has 0 radical (unpaired) electrons. The van der Waals surface area contributed by atoms with Gasteiger partial charge in [-0.05, 0) is 77.7 Å². The minimum Gasteiger partial charge on any atom is -0.313 e. The highest BCUT2D eigenvalue weighted by Gasteiger charge is 2.08. The largest absolute Gasteiger partial charge is 0.313 e. The van der Waals surface area contributed by atoms with Crippen LogP contribution in [-0.2, 0) is 0 Å². The molecular weight excluding hydrogens is 338 g/mol. The van der Waals surface area contributed by atoms with Crippen LogP contribution in [0.1, 0.15) is 120 Å². The van der Waals surface area contributed by atoms with Crippen molar-refractivity contribution in [2.45, 2.75) is 120 Å². The lowest BCUT2D eigenvalue weighted by Crippen LogP contribution is -2.20. The Morgan fingerprint density at radius 2 is 1.68 bits per heavy atom. The summed E-state index contributed by atoms with van der Waals surface area (Å²) in [6.45, 7) is 23.7. The van der Waals surface area contributed by atoms with E-state index >= 15 is 0 Å². The Hall–Kier alpha value is -0.820. The zero-order valence-corrected chi connectivity index (χ0v) is 20.8. The summed E-state index contributed by atoms with van der Waals surface area (Å²) in [5.41, 5.74) is 6.23. The summed E-state index contributed by atoms with van der Waals surface area (Å²) < 4.78 is 0. The van der Waals surface area contributed by atoms with Gasteiger partial charge in [-0.25, -0.2) is 0 Å². The first-order valence-electron chi connectivity index (χ1n) is 12.1. The van der Waals surface area contributed by atoms with E-state index in [1.807, 2.05) is 13.8 Å². The fourth-order valence-corrected chi connectivity index (χ4v) is 3.42. The van der Waals surface area contributed by atoms with Crippen molar-refractivity contribution in [1.29, 1.82) is 0 Å². The quantitative estimate of drug-likeness (QED) is 0.364. The van der Waals surface area contributed by atoms with Gasteiger partial charge >= 0.3 is 0 Å². The zero-order valence-electron chi connectivity index (χ0n) is 20.8. The molecule has 0 heterocycles. The van der Waals surface area contributed by atoms with E-state index in [-0.39, 0.29) is 0 Å². The molecule has 0 saturated heterocycles. The number of allylic oxidation sites excluding steroid dienone is 4. The summed E-state index contributed by atoms with van der Waals surface area (Å²) in [5, 5.41) is 3.53. The molecule has 0 aromatic rings. The molecule has 2 aliphatic rings. The van der Waals surface area contributed by atoms with Gasteiger partial charge in [0.2, 0.25) is 0 Å². The second-order valence-corrected chi connectivity index (χ2v) is 8.35. The Balaban J connectivity index is 0. The molecule has 0 aliphatic heterocycles.